The highest BCUT2D eigenvalue weighted by Crippen LogP contribution is 2.34. The van der Waals surface area contributed by atoms with Crippen LogP contribution in [0.1, 0.15) is 33.1 Å². The highest BCUT2D eigenvalue weighted by molar-refractivity contribution is 7.99. The average Bonchev–Trinajstić information content (AvgIpc) is 2.24. The van der Waals surface area contributed by atoms with Gasteiger partial charge >= 0.3 is 0 Å². The maximum absolute atomic E-state index is 11.4. The second kappa shape index (κ2) is 5.10. The van der Waals surface area contributed by atoms with Crippen LogP contribution in [0.25, 0.3) is 0 Å². The van der Waals surface area contributed by atoms with E-state index in [9.17, 15) is 8.42 Å². The Labute approximate surface area is 109 Å². The molecule has 0 spiro atoms. The maximum atomic E-state index is 11.4. The standard InChI is InChI=1S/C12H23NO2S2/c1-12(2)5-6-16-9-11(12)13-10-3-7-17(14,15)8-4-10/h10-11,13H,3-9H2,1-2H3. The molecule has 0 radical (unpaired) electrons. The number of hydrogen-bond acceptors (Lipinski definition) is 4. The first-order chi connectivity index (χ1) is 7.89. The van der Waals surface area contributed by atoms with Crippen molar-refractivity contribution in [2.75, 3.05) is 23.0 Å². The van der Waals surface area contributed by atoms with Crippen molar-refractivity contribution in [2.45, 2.75) is 45.2 Å². The Morgan fingerprint density at radius 1 is 1.24 bits per heavy atom. The minimum absolute atomic E-state index is 0.349. The lowest BCUT2D eigenvalue weighted by molar-refractivity contribution is 0.223. The van der Waals surface area contributed by atoms with Crippen molar-refractivity contribution in [3.8, 4) is 0 Å². The fraction of sp³-hybridized carbons (Fsp3) is 1.00. The van der Waals surface area contributed by atoms with Crippen molar-refractivity contribution in [3.05, 3.63) is 0 Å². The molecule has 2 rings (SSSR count). The molecule has 17 heavy (non-hydrogen) atoms. The van der Waals surface area contributed by atoms with Gasteiger partial charge in [-0.25, -0.2) is 8.42 Å². The van der Waals surface area contributed by atoms with Crippen molar-refractivity contribution < 1.29 is 8.42 Å². The van der Waals surface area contributed by atoms with Crippen molar-refractivity contribution in [1.29, 1.82) is 0 Å². The van der Waals surface area contributed by atoms with E-state index in [1.165, 1.54) is 12.2 Å². The number of rotatable bonds is 2. The van der Waals surface area contributed by atoms with Gasteiger partial charge in [0.25, 0.3) is 0 Å². The van der Waals surface area contributed by atoms with Gasteiger partial charge in [0.15, 0.2) is 0 Å². The van der Waals surface area contributed by atoms with Gasteiger partial charge in [-0.3, -0.25) is 0 Å². The molecule has 0 amide bonds. The van der Waals surface area contributed by atoms with Gasteiger partial charge in [-0.05, 0) is 30.4 Å². The van der Waals surface area contributed by atoms with Crippen LogP contribution in [0, 0.1) is 5.41 Å². The Morgan fingerprint density at radius 3 is 2.47 bits per heavy atom. The fourth-order valence-electron chi connectivity index (χ4n) is 2.55. The zero-order chi connectivity index (χ0) is 12.5. The van der Waals surface area contributed by atoms with Gasteiger partial charge in [-0.1, -0.05) is 13.8 Å². The molecule has 0 aromatic heterocycles. The molecule has 1 atom stereocenters. The molecule has 1 N–H and O–H groups in total. The molecule has 0 saturated carbocycles. The van der Waals surface area contributed by atoms with Gasteiger partial charge in [-0.15, -0.1) is 0 Å². The lowest BCUT2D eigenvalue weighted by Crippen LogP contribution is -2.52. The first kappa shape index (κ1) is 13.7. The minimum atomic E-state index is -2.73. The van der Waals surface area contributed by atoms with Crippen LogP contribution in [-0.2, 0) is 9.84 Å². The number of thioether (sulfide) groups is 1. The van der Waals surface area contributed by atoms with E-state index in [0.717, 1.165) is 18.6 Å². The summed E-state index contributed by atoms with van der Waals surface area (Å²) in [5.74, 6) is 3.15. The summed E-state index contributed by atoms with van der Waals surface area (Å²) in [6, 6.07) is 0.938. The summed E-state index contributed by atoms with van der Waals surface area (Å²) in [5, 5.41) is 3.70. The Morgan fingerprint density at radius 2 is 1.88 bits per heavy atom. The lowest BCUT2D eigenvalue weighted by Gasteiger charge is -2.41. The third-order valence-electron chi connectivity index (χ3n) is 4.11. The van der Waals surface area contributed by atoms with E-state index in [4.69, 9.17) is 0 Å². The topological polar surface area (TPSA) is 46.2 Å². The molecule has 2 heterocycles. The second-order valence-corrected chi connectivity index (χ2v) is 9.41. The summed E-state index contributed by atoms with van der Waals surface area (Å²) in [5.41, 5.74) is 0.349. The first-order valence-electron chi connectivity index (χ1n) is 6.43. The highest BCUT2D eigenvalue weighted by Gasteiger charge is 2.35. The molecule has 2 aliphatic heterocycles. The van der Waals surface area contributed by atoms with E-state index >= 15 is 0 Å². The van der Waals surface area contributed by atoms with Crippen LogP contribution < -0.4 is 5.32 Å². The molecule has 0 aromatic carbocycles. The van der Waals surface area contributed by atoms with Gasteiger partial charge in [0, 0.05) is 17.8 Å². The predicted octanol–water partition coefficient (Wildman–Crippen LogP) is 1.68. The van der Waals surface area contributed by atoms with Crippen LogP contribution in [-0.4, -0.2) is 43.5 Å². The van der Waals surface area contributed by atoms with E-state index in [-0.39, 0.29) is 0 Å². The molecule has 0 bridgehead atoms. The summed E-state index contributed by atoms with van der Waals surface area (Å²) >= 11 is 2.01. The van der Waals surface area contributed by atoms with Crippen molar-refractivity contribution in [1.82, 2.24) is 5.32 Å². The van der Waals surface area contributed by atoms with Gasteiger partial charge in [0.1, 0.15) is 9.84 Å². The average molecular weight is 277 g/mol. The Bertz CT molecular complexity index is 351. The Hall–Kier alpha value is 0.260. The smallest absolute Gasteiger partial charge is 0.150 e. The summed E-state index contributed by atoms with van der Waals surface area (Å²) in [6.07, 6.45) is 2.83. The quantitative estimate of drug-likeness (QED) is 0.834. The van der Waals surface area contributed by atoms with Gasteiger partial charge in [0.05, 0.1) is 11.5 Å². The van der Waals surface area contributed by atoms with E-state index < -0.39 is 9.84 Å². The molecule has 0 aromatic rings. The number of nitrogens with one attached hydrogen (secondary N) is 1. The van der Waals surface area contributed by atoms with Gasteiger partial charge < -0.3 is 5.32 Å². The molecule has 100 valence electrons. The Kier molecular flexibility index (Phi) is 4.10. The summed E-state index contributed by atoms with van der Waals surface area (Å²) in [7, 11) is -2.73. The van der Waals surface area contributed by atoms with Crippen molar-refractivity contribution >= 4 is 21.6 Å². The monoisotopic (exact) mass is 277 g/mol. The minimum Gasteiger partial charge on any atom is -0.310 e. The molecular weight excluding hydrogens is 254 g/mol. The van der Waals surface area contributed by atoms with Crippen LogP contribution in [0.4, 0.5) is 0 Å². The molecular formula is C12H23NO2S2. The summed E-state index contributed by atoms with van der Waals surface area (Å²) < 4.78 is 22.8. The molecule has 2 saturated heterocycles. The Balaban J connectivity index is 1.89. The van der Waals surface area contributed by atoms with E-state index in [1.54, 1.807) is 0 Å². The SMILES string of the molecule is CC1(C)CCSCC1NC1CCS(=O)(=O)CC1. The largest absolute Gasteiger partial charge is 0.310 e. The molecule has 2 aliphatic rings. The molecule has 0 aliphatic carbocycles. The lowest BCUT2D eigenvalue weighted by atomic mass is 9.81. The first-order valence-corrected chi connectivity index (χ1v) is 9.41. The zero-order valence-corrected chi connectivity index (χ0v) is 12.4. The fourth-order valence-corrected chi connectivity index (χ4v) is 5.66. The predicted molar refractivity (Wildman–Crippen MR) is 74.3 cm³/mol. The highest BCUT2D eigenvalue weighted by atomic mass is 32.2. The van der Waals surface area contributed by atoms with Gasteiger partial charge in [0.2, 0.25) is 0 Å². The molecule has 5 heteroatoms. The third kappa shape index (κ3) is 3.61. The van der Waals surface area contributed by atoms with Crippen molar-refractivity contribution in [2.24, 2.45) is 5.41 Å². The van der Waals surface area contributed by atoms with Crippen LogP contribution in [0.5, 0.6) is 0 Å². The molecule has 2 fully saturated rings. The second-order valence-electron chi connectivity index (χ2n) is 5.96. The number of sulfone groups is 1. The maximum Gasteiger partial charge on any atom is 0.150 e. The summed E-state index contributed by atoms with van der Waals surface area (Å²) in [6.45, 7) is 4.65. The normalized spacial score (nSPS) is 33.4. The third-order valence-corrected chi connectivity index (χ3v) is 6.89. The summed E-state index contributed by atoms with van der Waals surface area (Å²) in [4.78, 5) is 0. The van der Waals surface area contributed by atoms with Crippen LogP contribution in [0.2, 0.25) is 0 Å². The zero-order valence-electron chi connectivity index (χ0n) is 10.7. The number of hydrogen-bond donors (Lipinski definition) is 1. The van der Waals surface area contributed by atoms with Crippen molar-refractivity contribution in [3.63, 3.8) is 0 Å². The van der Waals surface area contributed by atoms with Gasteiger partial charge in [-0.2, -0.15) is 11.8 Å². The van der Waals surface area contributed by atoms with Crippen LogP contribution in [0.3, 0.4) is 0 Å². The van der Waals surface area contributed by atoms with E-state index in [1.807, 2.05) is 11.8 Å². The van der Waals surface area contributed by atoms with E-state index in [0.29, 0.717) is 29.0 Å². The van der Waals surface area contributed by atoms with E-state index in [2.05, 4.69) is 19.2 Å². The molecule has 1 unspecified atom stereocenters. The van der Waals surface area contributed by atoms with Crippen LogP contribution >= 0.6 is 11.8 Å². The van der Waals surface area contributed by atoms with Crippen LogP contribution in [0.15, 0.2) is 0 Å². The molecule has 3 nitrogen and oxygen atoms in total.